The molecule has 0 N–H and O–H groups in total. The Morgan fingerprint density at radius 3 is 2.44 bits per heavy atom. The highest BCUT2D eigenvalue weighted by Gasteiger charge is 2.19. The van der Waals surface area contributed by atoms with E-state index in [9.17, 15) is 9.59 Å². The summed E-state index contributed by atoms with van der Waals surface area (Å²) in [4.78, 5) is 26.6. The van der Waals surface area contributed by atoms with Crippen molar-refractivity contribution in [1.29, 1.82) is 0 Å². The fourth-order valence-corrected chi connectivity index (χ4v) is 3.43. The molecule has 0 aliphatic rings. The van der Waals surface area contributed by atoms with E-state index in [2.05, 4.69) is 0 Å². The molecule has 25 heavy (non-hydrogen) atoms. The smallest absolute Gasteiger partial charge is 0.339 e. The highest BCUT2D eigenvalue weighted by atomic mass is 35.5. The van der Waals surface area contributed by atoms with E-state index in [4.69, 9.17) is 16.3 Å². The standard InChI is InChI=1S/C19H20ClNO3S/c1-13(14-8-4-6-10-16(14)20)24-19(23)15-9-5-7-11-17(15)25-12-18(22)21(2)3/h4-11,13H,12H2,1-3H3/t13-/m1/s1. The van der Waals surface area contributed by atoms with Crippen molar-refractivity contribution in [3.8, 4) is 0 Å². The molecule has 0 aromatic heterocycles. The van der Waals surface area contributed by atoms with Crippen molar-refractivity contribution >= 4 is 35.2 Å². The van der Waals surface area contributed by atoms with Gasteiger partial charge in [-0.05, 0) is 25.1 Å². The number of esters is 1. The fourth-order valence-electron chi connectivity index (χ4n) is 2.12. The van der Waals surface area contributed by atoms with Crippen LogP contribution in [0.25, 0.3) is 0 Å². The van der Waals surface area contributed by atoms with Gasteiger partial charge in [0, 0.05) is 29.6 Å². The number of benzene rings is 2. The molecule has 0 saturated heterocycles. The number of halogens is 1. The number of carbonyl (C=O) groups excluding carboxylic acids is 2. The summed E-state index contributed by atoms with van der Waals surface area (Å²) in [6.07, 6.45) is -0.470. The summed E-state index contributed by atoms with van der Waals surface area (Å²) < 4.78 is 5.57. The topological polar surface area (TPSA) is 46.6 Å². The Morgan fingerprint density at radius 1 is 1.12 bits per heavy atom. The third-order valence-corrected chi connectivity index (χ3v) is 4.99. The minimum atomic E-state index is -0.470. The second-order valence-electron chi connectivity index (χ2n) is 5.64. The Labute approximate surface area is 157 Å². The van der Waals surface area contributed by atoms with Crippen LogP contribution in [0.3, 0.4) is 0 Å². The molecule has 132 valence electrons. The number of hydrogen-bond donors (Lipinski definition) is 0. The maximum atomic E-state index is 12.6. The minimum Gasteiger partial charge on any atom is -0.454 e. The summed E-state index contributed by atoms with van der Waals surface area (Å²) in [5.41, 5.74) is 1.20. The molecule has 0 aliphatic heterocycles. The average molecular weight is 378 g/mol. The predicted molar refractivity (Wildman–Crippen MR) is 101 cm³/mol. The van der Waals surface area contributed by atoms with Crippen LogP contribution in [0.4, 0.5) is 0 Å². The number of ether oxygens (including phenoxy) is 1. The van der Waals surface area contributed by atoms with Gasteiger partial charge in [0.15, 0.2) is 0 Å². The fraction of sp³-hybridized carbons (Fsp3) is 0.263. The number of nitrogens with zero attached hydrogens (tertiary/aromatic N) is 1. The van der Waals surface area contributed by atoms with Crippen LogP contribution in [-0.2, 0) is 9.53 Å². The SMILES string of the molecule is C[C@@H](OC(=O)c1ccccc1SCC(=O)N(C)C)c1ccccc1Cl. The minimum absolute atomic E-state index is 0.0161. The Hall–Kier alpha value is -1.98. The third kappa shape index (κ3) is 5.25. The summed E-state index contributed by atoms with van der Waals surface area (Å²) in [5, 5.41) is 0.557. The maximum absolute atomic E-state index is 12.6. The number of amides is 1. The van der Waals surface area contributed by atoms with Crippen LogP contribution in [-0.4, -0.2) is 36.6 Å². The van der Waals surface area contributed by atoms with Crippen LogP contribution in [0.15, 0.2) is 53.4 Å². The first-order chi connectivity index (χ1) is 11.9. The highest BCUT2D eigenvalue weighted by Crippen LogP contribution is 2.28. The van der Waals surface area contributed by atoms with Gasteiger partial charge in [0.1, 0.15) is 6.10 Å². The number of carbonyl (C=O) groups is 2. The zero-order valence-corrected chi connectivity index (χ0v) is 15.9. The zero-order chi connectivity index (χ0) is 18.4. The van der Waals surface area contributed by atoms with Gasteiger partial charge in [0.25, 0.3) is 0 Å². The monoisotopic (exact) mass is 377 g/mol. The normalized spacial score (nSPS) is 11.7. The molecule has 2 rings (SSSR count). The first-order valence-electron chi connectivity index (χ1n) is 7.77. The second kappa shape index (κ2) is 8.92. The molecule has 0 aliphatic carbocycles. The lowest BCUT2D eigenvalue weighted by Gasteiger charge is -2.16. The second-order valence-corrected chi connectivity index (χ2v) is 7.07. The van der Waals surface area contributed by atoms with Gasteiger partial charge in [-0.3, -0.25) is 4.79 Å². The molecule has 0 saturated carbocycles. The quantitative estimate of drug-likeness (QED) is 0.551. The van der Waals surface area contributed by atoms with Crippen molar-refractivity contribution in [2.75, 3.05) is 19.8 Å². The molecule has 2 aromatic carbocycles. The molecule has 6 heteroatoms. The lowest BCUT2D eigenvalue weighted by Crippen LogP contribution is -2.23. The predicted octanol–water partition coefficient (Wildman–Crippen LogP) is 4.44. The molecule has 0 unspecified atom stereocenters. The van der Waals surface area contributed by atoms with E-state index < -0.39 is 12.1 Å². The summed E-state index contributed by atoms with van der Waals surface area (Å²) in [6, 6.07) is 14.4. The molecule has 2 aromatic rings. The van der Waals surface area contributed by atoms with Crippen LogP contribution < -0.4 is 0 Å². The van der Waals surface area contributed by atoms with Crippen molar-refractivity contribution in [2.45, 2.75) is 17.9 Å². The van der Waals surface area contributed by atoms with Gasteiger partial charge in [-0.25, -0.2) is 4.79 Å². The molecular weight excluding hydrogens is 358 g/mol. The molecule has 1 atom stereocenters. The molecule has 4 nitrogen and oxygen atoms in total. The lowest BCUT2D eigenvalue weighted by molar-refractivity contribution is -0.125. The van der Waals surface area contributed by atoms with Gasteiger partial charge in [-0.15, -0.1) is 11.8 Å². The zero-order valence-electron chi connectivity index (χ0n) is 14.4. The van der Waals surface area contributed by atoms with Gasteiger partial charge in [-0.1, -0.05) is 41.9 Å². The Kier molecular flexibility index (Phi) is 6.91. The van der Waals surface area contributed by atoms with E-state index in [0.717, 1.165) is 5.56 Å². The van der Waals surface area contributed by atoms with Crippen LogP contribution in [0.2, 0.25) is 5.02 Å². The first kappa shape index (κ1) is 19.3. The van der Waals surface area contributed by atoms with Gasteiger partial charge >= 0.3 is 5.97 Å². The van der Waals surface area contributed by atoms with E-state index in [1.54, 1.807) is 39.2 Å². The number of hydrogen-bond acceptors (Lipinski definition) is 4. The van der Waals surface area contributed by atoms with Crippen LogP contribution >= 0.6 is 23.4 Å². The van der Waals surface area contributed by atoms with E-state index in [0.29, 0.717) is 15.5 Å². The third-order valence-electron chi connectivity index (χ3n) is 3.58. The van der Waals surface area contributed by atoms with Gasteiger partial charge in [0.2, 0.25) is 5.91 Å². The number of thioether (sulfide) groups is 1. The number of rotatable bonds is 6. The Morgan fingerprint density at radius 2 is 1.76 bits per heavy atom. The molecular formula is C19H20ClNO3S. The average Bonchev–Trinajstić information content (AvgIpc) is 2.60. The maximum Gasteiger partial charge on any atom is 0.339 e. The molecule has 1 amide bonds. The summed E-state index contributed by atoms with van der Waals surface area (Å²) >= 11 is 7.48. The Bertz CT molecular complexity index is 764. The first-order valence-corrected chi connectivity index (χ1v) is 9.14. The molecule has 0 heterocycles. The van der Waals surface area contributed by atoms with Crippen LogP contribution in [0.5, 0.6) is 0 Å². The van der Waals surface area contributed by atoms with Crippen LogP contribution in [0, 0.1) is 0 Å². The van der Waals surface area contributed by atoms with Gasteiger partial charge < -0.3 is 9.64 Å². The largest absolute Gasteiger partial charge is 0.454 e. The molecule has 0 bridgehead atoms. The Balaban J connectivity index is 2.11. The summed E-state index contributed by atoms with van der Waals surface area (Å²) in [7, 11) is 3.41. The van der Waals surface area contributed by atoms with Gasteiger partial charge in [0.05, 0.1) is 11.3 Å². The molecule has 0 fully saturated rings. The van der Waals surface area contributed by atoms with E-state index in [1.807, 2.05) is 30.3 Å². The van der Waals surface area contributed by atoms with Crippen molar-refractivity contribution in [1.82, 2.24) is 4.90 Å². The molecule has 0 spiro atoms. The summed E-state index contributed by atoms with van der Waals surface area (Å²) in [6.45, 7) is 1.78. The molecule has 0 radical (unpaired) electrons. The lowest BCUT2D eigenvalue weighted by atomic mass is 10.1. The summed E-state index contributed by atoms with van der Waals surface area (Å²) in [5.74, 6) is -0.192. The van der Waals surface area contributed by atoms with Gasteiger partial charge in [-0.2, -0.15) is 0 Å². The van der Waals surface area contributed by atoms with Crippen molar-refractivity contribution in [3.05, 3.63) is 64.7 Å². The van der Waals surface area contributed by atoms with Crippen molar-refractivity contribution in [3.63, 3.8) is 0 Å². The van der Waals surface area contributed by atoms with E-state index >= 15 is 0 Å². The van der Waals surface area contributed by atoms with Crippen molar-refractivity contribution < 1.29 is 14.3 Å². The van der Waals surface area contributed by atoms with Crippen molar-refractivity contribution in [2.24, 2.45) is 0 Å². The van der Waals surface area contributed by atoms with Crippen LogP contribution in [0.1, 0.15) is 28.9 Å². The van der Waals surface area contributed by atoms with E-state index in [-0.39, 0.29) is 11.7 Å². The highest BCUT2D eigenvalue weighted by molar-refractivity contribution is 8.00. The van der Waals surface area contributed by atoms with E-state index in [1.165, 1.54) is 16.7 Å².